The van der Waals surface area contributed by atoms with Gasteiger partial charge in [0, 0.05) is 29.1 Å². The second-order valence-electron chi connectivity index (χ2n) is 9.03. The zero-order valence-corrected chi connectivity index (χ0v) is 24.9. The fourth-order valence-electron chi connectivity index (χ4n) is 4.79. The summed E-state index contributed by atoms with van der Waals surface area (Å²) in [6.07, 6.45) is 3.60. The van der Waals surface area contributed by atoms with Crippen molar-refractivity contribution in [2.75, 3.05) is 0 Å². The number of benzene rings is 3. The zero-order chi connectivity index (χ0) is 24.4. The number of aromatic nitrogens is 2. The molecule has 0 aliphatic heterocycles. The van der Waals surface area contributed by atoms with Crippen molar-refractivity contribution in [1.82, 2.24) is 9.97 Å². The number of pyridine rings is 2. The first-order valence-corrected chi connectivity index (χ1v) is 12.0. The van der Waals surface area contributed by atoms with Gasteiger partial charge in [-0.05, 0) is 52.5 Å². The number of hydrogen-bond donors (Lipinski definition) is 0. The SMILES string of the molecule is C[C]1[C](C)[C](C)[C](c2ccc(-c3ccccc3)cc2)[C]1C.[Cl-].[Cl-].[Rh+2].c1cnc2c(c1)ccc1cccnc12. The summed E-state index contributed by atoms with van der Waals surface area (Å²) < 4.78 is 0. The third-order valence-corrected chi connectivity index (χ3v) is 7.06. The van der Waals surface area contributed by atoms with Gasteiger partial charge in [0.25, 0.3) is 0 Å². The molecule has 2 heterocycles. The van der Waals surface area contributed by atoms with E-state index in [1.807, 2.05) is 12.1 Å². The van der Waals surface area contributed by atoms with Crippen molar-refractivity contribution in [3.8, 4) is 11.1 Å². The fourth-order valence-corrected chi connectivity index (χ4v) is 4.79. The van der Waals surface area contributed by atoms with Crippen LogP contribution in [0, 0.1) is 29.6 Å². The van der Waals surface area contributed by atoms with E-state index < -0.39 is 0 Å². The Kier molecular flexibility index (Phi) is 11.9. The van der Waals surface area contributed by atoms with Crippen molar-refractivity contribution >= 4 is 21.8 Å². The molecule has 6 rings (SSSR count). The summed E-state index contributed by atoms with van der Waals surface area (Å²) in [5.74, 6) is 7.09. The summed E-state index contributed by atoms with van der Waals surface area (Å²) in [5.41, 5.74) is 5.82. The van der Waals surface area contributed by atoms with Gasteiger partial charge in [-0.2, -0.15) is 0 Å². The normalized spacial score (nSPS) is 14.7. The first-order chi connectivity index (χ1) is 17.0. The predicted molar refractivity (Wildman–Crippen MR) is 147 cm³/mol. The van der Waals surface area contributed by atoms with E-state index in [-0.39, 0.29) is 44.3 Å². The van der Waals surface area contributed by atoms with Gasteiger partial charge in [-0.25, -0.2) is 0 Å². The molecular weight excluding hydrogens is 598 g/mol. The van der Waals surface area contributed by atoms with E-state index in [1.54, 1.807) is 12.4 Å². The quantitative estimate of drug-likeness (QED) is 0.222. The number of rotatable bonds is 2. The smallest absolute Gasteiger partial charge is 1.00 e. The molecule has 0 amide bonds. The van der Waals surface area contributed by atoms with Gasteiger partial charge in [-0.3, -0.25) is 9.97 Å². The predicted octanol–water partition coefficient (Wildman–Crippen LogP) is 2.46. The molecule has 5 heteroatoms. The average molecular weight is 627 g/mol. The molecule has 0 spiro atoms. The molecule has 0 saturated heterocycles. The minimum Gasteiger partial charge on any atom is -1.00 e. The monoisotopic (exact) mass is 626 g/mol. The van der Waals surface area contributed by atoms with Gasteiger partial charge >= 0.3 is 19.5 Å². The molecule has 2 nitrogen and oxygen atoms in total. The van der Waals surface area contributed by atoms with Crippen LogP contribution in [0.5, 0.6) is 0 Å². The van der Waals surface area contributed by atoms with Gasteiger partial charge in [0.05, 0.1) is 11.0 Å². The van der Waals surface area contributed by atoms with Crippen molar-refractivity contribution in [3.63, 3.8) is 0 Å². The third-order valence-electron chi connectivity index (χ3n) is 7.06. The molecule has 1 saturated carbocycles. The molecule has 1 aliphatic carbocycles. The standard InChI is InChI=1S/C21H21.C12H8N2.2ClH.Rh/c1-14-15(2)17(4)21(16(14)3)20-12-10-19(11-13-20)18-8-6-5-7-9-18;1-3-9-5-6-10-4-2-8-14-12(10)11(9)13-7-1;;;/h5-13H,1-4H3;1-8H;2*1H;/q;;;;+2/p-2. The molecule has 3 aromatic carbocycles. The molecular formula is C33H29Cl2N2Rh. The zero-order valence-electron chi connectivity index (χ0n) is 21.8. The van der Waals surface area contributed by atoms with Crippen molar-refractivity contribution in [2.45, 2.75) is 27.7 Å². The van der Waals surface area contributed by atoms with Crippen molar-refractivity contribution in [2.24, 2.45) is 0 Å². The molecule has 1 fully saturated rings. The van der Waals surface area contributed by atoms with E-state index in [2.05, 4.69) is 117 Å². The molecule has 0 N–H and O–H groups in total. The molecule has 0 atom stereocenters. The van der Waals surface area contributed by atoms with E-state index in [9.17, 15) is 0 Å². The van der Waals surface area contributed by atoms with E-state index in [0.717, 1.165) is 21.8 Å². The molecule has 5 aromatic rings. The van der Waals surface area contributed by atoms with Gasteiger partial charge in [-0.15, -0.1) is 0 Å². The molecule has 194 valence electrons. The van der Waals surface area contributed by atoms with Crippen LogP contribution in [0.15, 0.2) is 103 Å². The Hall–Kier alpha value is -2.32. The van der Waals surface area contributed by atoms with Crippen molar-refractivity contribution in [1.29, 1.82) is 0 Å². The fraction of sp³-hybridized carbons (Fsp3) is 0.121. The van der Waals surface area contributed by atoms with E-state index in [1.165, 1.54) is 46.3 Å². The minimum atomic E-state index is 0. The summed E-state index contributed by atoms with van der Waals surface area (Å²) in [4.78, 5) is 8.69. The second kappa shape index (κ2) is 14.2. The maximum Gasteiger partial charge on any atom is 2.00 e. The van der Waals surface area contributed by atoms with Crippen LogP contribution in [0.1, 0.15) is 33.3 Å². The first kappa shape index (κ1) is 31.9. The number of hydrogen-bond acceptors (Lipinski definition) is 2. The van der Waals surface area contributed by atoms with Gasteiger partial charge in [0.2, 0.25) is 0 Å². The Labute approximate surface area is 252 Å². The van der Waals surface area contributed by atoms with Crippen LogP contribution in [-0.4, -0.2) is 9.97 Å². The summed E-state index contributed by atoms with van der Waals surface area (Å²) >= 11 is 0. The summed E-state index contributed by atoms with van der Waals surface area (Å²) in [7, 11) is 0. The second-order valence-corrected chi connectivity index (χ2v) is 9.03. The Bertz CT molecular complexity index is 1360. The van der Waals surface area contributed by atoms with Gasteiger partial charge in [0.1, 0.15) is 0 Å². The molecule has 38 heavy (non-hydrogen) atoms. The van der Waals surface area contributed by atoms with Crippen molar-refractivity contribution in [3.05, 3.63) is 139 Å². The van der Waals surface area contributed by atoms with Crippen LogP contribution in [0.4, 0.5) is 0 Å². The maximum atomic E-state index is 4.35. The van der Waals surface area contributed by atoms with Crippen LogP contribution in [-0.2, 0) is 19.5 Å². The Balaban J connectivity index is 0.000000263. The van der Waals surface area contributed by atoms with Crippen LogP contribution in [0.25, 0.3) is 32.9 Å². The Morgan fingerprint density at radius 2 is 0.842 bits per heavy atom. The van der Waals surface area contributed by atoms with Crippen LogP contribution < -0.4 is 24.8 Å². The first-order valence-electron chi connectivity index (χ1n) is 12.0. The van der Waals surface area contributed by atoms with E-state index >= 15 is 0 Å². The van der Waals surface area contributed by atoms with E-state index in [4.69, 9.17) is 0 Å². The van der Waals surface area contributed by atoms with Crippen LogP contribution >= 0.6 is 0 Å². The third kappa shape index (κ3) is 6.45. The van der Waals surface area contributed by atoms with Crippen molar-refractivity contribution < 1.29 is 44.3 Å². The molecule has 2 aromatic heterocycles. The molecule has 1 aliphatic rings. The summed E-state index contributed by atoms with van der Waals surface area (Å²) in [6, 6.07) is 31.6. The summed E-state index contributed by atoms with van der Waals surface area (Å²) in [5, 5.41) is 2.28. The van der Waals surface area contributed by atoms with Gasteiger partial charge < -0.3 is 24.8 Å². The number of nitrogens with zero attached hydrogens (tertiary/aromatic N) is 2. The Morgan fingerprint density at radius 3 is 1.32 bits per heavy atom. The summed E-state index contributed by atoms with van der Waals surface area (Å²) in [6.45, 7) is 8.91. The largest absolute Gasteiger partial charge is 2.00 e. The molecule has 6 radical (unpaired) electrons. The van der Waals surface area contributed by atoms with E-state index in [0.29, 0.717) is 0 Å². The van der Waals surface area contributed by atoms with Gasteiger partial charge in [-0.1, -0.05) is 107 Å². The maximum absolute atomic E-state index is 4.35. The van der Waals surface area contributed by atoms with Gasteiger partial charge in [0.15, 0.2) is 0 Å². The Morgan fingerprint density at radius 1 is 0.421 bits per heavy atom. The van der Waals surface area contributed by atoms with Crippen LogP contribution in [0.3, 0.4) is 0 Å². The average Bonchev–Trinajstić information content (AvgIpc) is 3.12. The van der Waals surface area contributed by atoms with Crippen LogP contribution in [0.2, 0.25) is 0 Å². The number of halogens is 2. The topological polar surface area (TPSA) is 25.8 Å². The number of fused-ring (bicyclic) bond motifs is 3. The molecule has 0 unspecified atom stereocenters. The minimum absolute atomic E-state index is 0. The molecule has 0 bridgehead atoms.